The molecule has 0 aliphatic carbocycles. The molecule has 6 heteroatoms. The largest absolute Gasteiger partial charge is 0.333 e. The van der Waals surface area contributed by atoms with E-state index in [4.69, 9.17) is 0 Å². The minimum absolute atomic E-state index is 0.0928. The number of anilines is 1. The number of rotatable bonds is 3. The van der Waals surface area contributed by atoms with Crippen LogP contribution in [0.1, 0.15) is 46.1 Å². The lowest BCUT2D eigenvalue weighted by atomic mass is 9.87. The molecule has 0 bridgehead atoms. The lowest BCUT2D eigenvalue weighted by Gasteiger charge is -2.23. The summed E-state index contributed by atoms with van der Waals surface area (Å²) in [7, 11) is -3.61. The van der Waals surface area contributed by atoms with Crippen molar-refractivity contribution in [3.8, 4) is 0 Å². The summed E-state index contributed by atoms with van der Waals surface area (Å²) in [4.78, 5) is 0.273. The van der Waals surface area contributed by atoms with Gasteiger partial charge >= 0.3 is 0 Å². The van der Waals surface area contributed by atoms with Crippen molar-refractivity contribution in [2.45, 2.75) is 50.8 Å². The van der Waals surface area contributed by atoms with Crippen molar-refractivity contribution >= 4 is 32.6 Å². The maximum absolute atomic E-state index is 12.4. The fraction of sp³-hybridized carbons (Fsp3) is 0.533. The van der Waals surface area contributed by atoms with Crippen LogP contribution < -0.4 is 5.32 Å². The van der Waals surface area contributed by atoms with Crippen molar-refractivity contribution in [2.75, 3.05) is 11.1 Å². The Labute approximate surface area is 131 Å². The second-order valence-corrected chi connectivity index (χ2v) is 8.82. The van der Waals surface area contributed by atoms with Crippen molar-refractivity contribution in [3.05, 3.63) is 23.8 Å². The Kier molecular flexibility index (Phi) is 4.68. The van der Waals surface area contributed by atoms with Gasteiger partial charge in [-0.3, -0.25) is 0 Å². The Morgan fingerprint density at radius 1 is 1.29 bits per heavy atom. The van der Waals surface area contributed by atoms with E-state index in [-0.39, 0.29) is 10.3 Å². The van der Waals surface area contributed by atoms with E-state index in [2.05, 4.69) is 37.4 Å². The molecule has 0 radical (unpaired) electrons. The average Bonchev–Trinajstić information content (AvgIpc) is 2.37. The summed E-state index contributed by atoms with van der Waals surface area (Å²) in [6, 6.07) is 5.54. The summed E-state index contributed by atoms with van der Waals surface area (Å²) in [5.74, 6) is 0.868. The van der Waals surface area contributed by atoms with Crippen LogP contribution in [0.4, 0.5) is 5.69 Å². The normalized spacial score (nSPS) is 16.9. The van der Waals surface area contributed by atoms with Crippen LogP contribution in [0.25, 0.3) is 0 Å². The molecule has 21 heavy (non-hydrogen) atoms. The van der Waals surface area contributed by atoms with Crippen molar-refractivity contribution in [2.24, 2.45) is 4.40 Å². The van der Waals surface area contributed by atoms with Gasteiger partial charge in [0.15, 0.2) is 5.17 Å². The van der Waals surface area contributed by atoms with Crippen LogP contribution in [0, 0.1) is 0 Å². The first-order valence-corrected chi connectivity index (χ1v) is 9.56. The van der Waals surface area contributed by atoms with Gasteiger partial charge in [0.2, 0.25) is 0 Å². The molecule has 1 aromatic carbocycles. The van der Waals surface area contributed by atoms with E-state index in [1.807, 2.05) is 12.1 Å². The van der Waals surface area contributed by atoms with Gasteiger partial charge in [-0.2, -0.15) is 8.42 Å². The first kappa shape index (κ1) is 16.4. The molecule has 0 unspecified atom stereocenters. The van der Waals surface area contributed by atoms with Crippen molar-refractivity contribution in [3.63, 3.8) is 0 Å². The standard InChI is InChI=1S/C15H22N2O2S2/c1-5-6-9-20-14-16-12-8-7-11(15(2,3)4)10-13(12)21(18,19)17-14/h7-8,10H,5-6,9H2,1-4H3,(H,16,17). The highest BCUT2D eigenvalue weighted by Gasteiger charge is 2.27. The second-order valence-electron chi connectivity index (χ2n) is 6.16. The van der Waals surface area contributed by atoms with Gasteiger partial charge in [0.25, 0.3) is 10.0 Å². The highest BCUT2D eigenvalue weighted by Crippen LogP contribution is 2.33. The third-order valence-corrected chi connectivity index (χ3v) is 5.70. The van der Waals surface area contributed by atoms with Crippen molar-refractivity contribution in [1.29, 1.82) is 0 Å². The highest BCUT2D eigenvalue weighted by atomic mass is 32.2. The zero-order valence-electron chi connectivity index (χ0n) is 12.9. The van der Waals surface area contributed by atoms with Gasteiger partial charge < -0.3 is 5.32 Å². The van der Waals surface area contributed by atoms with Crippen molar-refractivity contribution in [1.82, 2.24) is 0 Å². The molecule has 0 amide bonds. The van der Waals surface area contributed by atoms with Gasteiger partial charge in [-0.15, -0.1) is 4.40 Å². The Bertz CT molecular complexity index is 659. The zero-order valence-corrected chi connectivity index (χ0v) is 14.6. The van der Waals surface area contributed by atoms with Gasteiger partial charge in [-0.05, 0) is 29.5 Å². The first-order chi connectivity index (χ1) is 9.74. The van der Waals surface area contributed by atoms with Gasteiger partial charge in [-0.1, -0.05) is 51.9 Å². The van der Waals surface area contributed by atoms with E-state index in [1.54, 1.807) is 6.07 Å². The number of unbranched alkanes of at least 4 members (excludes halogenated alkanes) is 1. The minimum atomic E-state index is -3.61. The minimum Gasteiger partial charge on any atom is -0.333 e. The van der Waals surface area contributed by atoms with Crippen LogP contribution in [0.3, 0.4) is 0 Å². The topological polar surface area (TPSA) is 58.5 Å². The van der Waals surface area contributed by atoms with Gasteiger partial charge in [-0.25, -0.2) is 0 Å². The summed E-state index contributed by atoms with van der Waals surface area (Å²) in [5, 5.41) is 3.60. The molecule has 0 atom stereocenters. The number of benzene rings is 1. The second kappa shape index (κ2) is 6.01. The molecule has 1 aliphatic heterocycles. The van der Waals surface area contributed by atoms with Crippen LogP contribution in [0.2, 0.25) is 0 Å². The van der Waals surface area contributed by atoms with E-state index >= 15 is 0 Å². The number of sulfonamides is 1. The Morgan fingerprint density at radius 3 is 2.62 bits per heavy atom. The third kappa shape index (κ3) is 3.80. The molecule has 0 aromatic heterocycles. The molecule has 0 saturated heterocycles. The molecular formula is C15H22N2O2S2. The molecular weight excluding hydrogens is 304 g/mol. The summed E-state index contributed by atoms with van der Waals surface area (Å²) in [6.07, 6.45) is 2.12. The predicted molar refractivity (Wildman–Crippen MR) is 90.8 cm³/mol. The maximum Gasteiger partial charge on any atom is 0.286 e. The maximum atomic E-state index is 12.4. The van der Waals surface area contributed by atoms with E-state index in [1.165, 1.54) is 11.8 Å². The Morgan fingerprint density at radius 2 is 2.00 bits per heavy atom. The van der Waals surface area contributed by atoms with E-state index in [0.29, 0.717) is 10.9 Å². The summed E-state index contributed by atoms with van der Waals surface area (Å²) in [5.41, 5.74) is 1.52. The van der Waals surface area contributed by atoms with E-state index < -0.39 is 10.0 Å². The van der Waals surface area contributed by atoms with E-state index in [0.717, 1.165) is 24.2 Å². The van der Waals surface area contributed by atoms with Crippen LogP contribution in [0.15, 0.2) is 27.5 Å². The van der Waals surface area contributed by atoms with Crippen molar-refractivity contribution < 1.29 is 8.42 Å². The molecule has 4 nitrogen and oxygen atoms in total. The van der Waals surface area contributed by atoms with Gasteiger partial charge in [0.1, 0.15) is 4.90 Å². The SMILES string of the molecule is CCCCSC1=NS(=O)(=O)c2cc(C(C)(C)C)ccc2N1. The number of fused-ring (bicyclic) bond motifs is 1. The number of nitrogens with zero attached hydrogens (tertiary/aromatic N) is 1. The summed E-state index contributed by atoms with van der Waals surface area (Å²) >= 11 is 1.46. The first-order valence-electron chi connectivity index (χ1n) is 7.13. The summed E-state index contributed by atoms with van der Waals surface area (Å²) in [6.45, 7) is 8.30. The quantitative estimate of drug-likeness (QED) is 0.853. The number of hydrogen-bond donors (Lipinski definition) is 1. The Hall–Kier alpha value is -1.01. The Balaban J connectivity index is 2.33. The summed E-state index contributed by atoms with van der Waals surface area (Å²) < 4.78 is 28.6. The molecule has 1 N–H and O–H groups in total. The predicted octanol–water partition coefficient (Wildman–Crippen LogP) is 3.99. The molecule has 2 rings (SSSR count). The monoisotopic (exact) mass is 326 g/mol. The van der Waals surface area contributed by atoms with Gasteiger partial charge in [0, 0.05) is 5.75 Å². The number of hydrogen-bond acceptors (Lipinski definition) is 4. The lowest BCUT2D eigenvalue weighted by molar-refractivity contribution is 0.584. The number of thioether (sulfide) groups is 1. The highest BCUT2D eigenvalue weighted by molar-refractivity contribution is 8.14. The fourth-order valence-corrected chi connectivity index (χ4v) is 4.33. The van der Waals surface area contributed by atoms with Crippen LogP contribution >= 0.6 is 11.8 Å². The smallest absolute Gasteiger partial charge is 0.286 e. The number of nitrogens with one attached hydrogen (secondary N) is 1. The van der Waals surface area contributed by atoms with Crippen LogP contribution in [-0.2, 0) is 15.4 Å². The van der Waals surface area contributed by atoms with Gasteiger partial charge in [0.05, 0.1) is 5.69 Å². The molecule has 116 valence electrons. The fourth-order valence-electron chi connectivity index (χ4n) is 1.98. The molecule has 1 aromatic rings. The number of amidine groups is 1. The average molecular weight is 326 g/mol. The molecule has 0 fully saturated rings. The molecule has 0 spiro atoms. The van der Waals surface area contributed by atoms with Crippen LogP contribution in [0.5, 0.6) is 0 Å². The molecule has 0 saturated carbocycles. The van der Waals surface area contributed by atoms with Crippen LogP contribution in [-0.4, -0.2) is 19.3 Å². The zero-order chi connectivity index (χ0) is 15.7. The molecule has 1 heterocycles. The molecule has 1 aliphatic rings. The van der Waals surface area contributed by atoms with E-state index in [9.17, 15) is 8.42 Å². The third-order valence-electron chi connectivity index (χ3n) is 3.31. The lowest BCUT2D eigenvalue weighted by Crippen LogP contribution is -2.21.